The molecule has 4 rings (SSSR count). The van der Waals surface area contributed by atoms with Crippen molar-refractivity contribution in [1.29, 1.82) is 0 Å². The average molecular weight is 491 g/mol. The van der Waals surface area contributed by atoms with Crippen molar-refractivity contribution in [2.45, 2.75) is 45.6 Å². The molecular formula is C28H27F5O2. The zero-order valence-electron chi connectivity index (χ0n) is 19.6. The van der Waals surface area contributed by atoms with E-state index in [2.05, 4.69) is 6.92 Å². The van der Waals surface area contributed by atoms with Crippen LogP contribution in [0.2, 0.25) is 0 Å². The van der Waals surface area contributed by atoms with Crippen LogP contribution in [-0.4, -0.2) is 13.2 Å². The Bertz CT molecular complexity index is 1200. The minimum Gasteiger partial charge on any atom is -0.491 e. The van der Waals surface area contributed by atoms with Crippen molar-refractivity contribution in [2.24, 2.45) is 5.92 Å². The Morgan fingerprint density at radius 3 is 2.09 bits per heavy atom. The van der Waals surface area contributed by atoms with Crippen molar-refractivity contribution >= 4 is 0 Å². The zero-order valence-corrected chi connectivity index (χ0v) is 19.6. The van der Waals surface area contributed by atoms with Crippen molar-refractivity contribution in [1.82, 2.24) is 0 Å². The molecule has 0 saturated carbocycles. The fourth-order valence-corrected chi connectivity index (χ4v) is 4.63. The molecule has 0 amide bonds. The first kappa shape index (κ1) is 25.2. The molecule has 0 bridgehead atoms. The molecule has 0 radical (unpaired) electrons. The second-order valence-electron chi connectivity index (χ2n) is 8.75. The highest BCUT2D eigenvalue weighted by Gasteiger charge is 2.28. The summed E-state index contributed by atoms with van der Waals surface area (Å²) in [5.74, 6) is -5.34. The summed E-state index contributed by atoms with van der Waals surface area (Å²) < 4.78 is 85.1. The lowest BCUT2D eigenvalue weighted by atomic mass is 9.90. The molecule has 0 N–H and O–H groups in total. The third-order valence-corrected chi connectivity index (χ3v) is 6.44. The highest BCUT2D eigenvalue weighted by Crippen LogP contribution is 2.38. The summed E-state index contributed by atoms with van der Waals surface area (Å²) in [7, 11) is 0. The normalized spacial score (nSPS) is 18.0. The Hall–Kier alpha value is -2.93. The van der Waals surface area contributed by atoms with Crippen LogP contribution in [0, 0.1) is 35.0 Å². The van der Waals surface area contributed by atoms with Crippen LogP contribution < -0.4 is 4.74 Å². The minimum atomic E-state index is -1.35. The summed E-state index contributed by atoms with van der Waals surface area (Å²) >= 11 is 0. The lowest BCUT2D eigenvalue weighted by molar-refractivity contribution is -0.0214. The van der Waals surface area contributed by atoms with E-state index in [0.717, 1.165) is 31.4 Å². The summed E-state index contributed by atoms with van der Waals surface area (Å²) in [4.78, 5) is 0. The van der Waals surface area contributed by atoms with Gasteiger partial charge in [0.2, 0.25) is 0 Å². The van der Waals surface area contributed by atoms with E-state index in [1.807, 2.05) is 0 Å². The lowest BCUT2D eigenvalue weighted by Crippen LogP contribution is -2.21. The topological polar surface area (TPSA) is 18.5 Å². The van der Waals surface area contributed by atoms with E-state index in [4.69, 9.17) is 9.47 Å². The van der Waals surface area contributed by atoms with E-state index in [9.17, 15) is 13.2 Å². The lowest BCUT2D eigenvalue weighted by Gasteiger charge is -2.29. The van der Waals surface area contributed by atoms with Gasteiger partial charge in [0.05, 0.1) is 19.3 Å². The molecule has 186 valence electrons. The minimum absolute atomic E-state index is 0.00536. The highest BCUT2D eigenvalue weighted by molar-refractivity contribution is 5.72. The first-order chi connectivity index (χ1) is 16.8. The molecule has 1 saturated heterocycles. The van der Waals surface area contributed by atoms with Crippen LogP contribution in [-0.2, 0) is 4.74 Å². The zero-order chi connectivity index (χ0) is 25.1. The average Bonchev–Trinajstić information content (AvgIpc) is 2.85. The van der Waals surface area contributed by atoms with Crippen LogP contribution >= 0.6 is 0 Å². The van der Waals surface area contributed by atoms with Crippen molar-refractivity contribution in [2.75, 3.05) is 13.2 Å². The molecule has 1 heterocycles. The summed E-state index contributed by atoms with van der Waals surface area (Å²) in [6, 6.07) is 8.74. The van der Waals surface area contributed by atoms with Crippen molar-refractivity contribution in [3.05, 3.63) is 77.1 Å². The number of rotatable bonds is 7. The van der Waals surface area contributed by atoms with Gasteiger partial charge in [0.1, 0.15) is 0 Å². The van der Waals surface area contributed by atoms with Gasteiger partial charge in [-0.3, -0.25) is 0 Å². The smallest absolute Gasteiger partial charge is 0.167 e. The summed E-state index contributed by atoms with van der Waals surface area (Å²) in [5.41, 5.74) is -0.863. The third kappa shape index (κ3) is 5.06. The van der Waals surface area contributed by atoms with Crippen LogP contribution in [0.5, 0.6) is 5.75 Å². The van der Waals surface area contributed by atoms with Gasteiger partial charge in [-0.1, -0.05) is 43.7 Å². The molecule has 35 heavy (non-hydrogen) atoms. The predicted molar refractivity (Wildman–Crippen MR) is 125 cm³/mol. The van der Waals surface area contributed by atoms with Crippen LogP contribution in [0.3, 0.4) is 0 Å². The number of hydrogen-bond donors (Lipinski definition) is 0. The quantitative estimate of drug-likeness (QED) is 0.310. The second-order valence-corrected chi connectivity index (χ2v) is 8.75. The molecule has 0 aliphatic carbocycles. The van der Waals surface area contributed by atoms with Gasteiger partial charge in [0.25, 0.3) is 0 Å². The molecule has 2 unspecified atom stereocenters. The fourth-order valence-electron chi connectivity index (χ4n) is 4.63. The molecular weight excluding hydrogens is 463 g/mol. The van der Waals surface area contributed by atoms with Gasteiger partial charge in [-0.2, -0.15) is 0 Å². The Balaban J connectivity index is 1.63. The second kappa shape index (κ2) is 10.8. The number of ether oxygens (including phenoxy) is 2. The molecule has 1 fully saturated rings. The molecule has 0 aromatic heterocycles. The standard InChI is InChI=1S/C28H27F5O2/c1-3-5-16-6-12-23(35-15-16)21-11-10-20(27(32)28(21)33)19-9-8-18(25(30)26(19)31)17-7-13-24(34-4-2)22(29)14-17/h7-11,13-14,16,23H,3-6,12,15H2,1-2H3. The molecule has 0 spiro atoms. The van der Waals surface area contributed by atoms with Crippen LogP contribution in [0.15, 0.2) is 42.5 Å². The molecule has 3 aromatic rings. The molecule has 7 heteroatoms. The Kier molecular flexibility index (Phi) is 7.75. The van der Waals surface area contributed by atoms with Gasteiger partial charge in [-0.05, 0) is 49.8 Å². The SMILES string of the molecule is CCCC1CCC(c2ccc(-c3ccc(-c4ccc(OCC)c(F)c4)c(F)c3F)c(F)c2F)OC1. The highest BCUT2D eigenvalue weighted by atomic mass is 19.2. The van der Waals surface area contributed by atoms with E-state index >= 15 is 8.78 Å². The van der Waals surface area contributed by atoms with Gasteiger partial charge in [0, 0.05) is 22.3 Å². The van der Waals surface area contributed by atoms with Crippen molar-refractivity contribution in [3.63, 3.8) is 0 Å². The van der Waals surface area contributed by atoms with E-state index in [1.54, 1.807) is 6.92 Å². The maximum atomic E-state index is 15.0. The molecule has 1 aliphatic rings. The van der Waals surface area contributed by atoms with Gasteiger partial charge >= 0.3 is 0 Å². The van der Waals surface area contributed by atoms with Crippen molar-refractivity contribution < 1.29 is 31.4 Å². The Labute approximate surface area is 201 Å². The molecule has 3 aromatic carbocycles. The number of hydrogen-bond acceptors (Lipinski definition) is 2. The van der Waals surface area contributed by atoms with Gasteiger partial charge < -0.3 is 9.47 Å². The van der Waals surface area contributed by atoms with E-state index < -0.39 is 46.3 Å². The maximum absolute atomic E-state index is 15.0. The Morgan fingerprint density at radius 2 is 1.46 bits per heavy atom. The molecule has 1 aliphatic heterocycles. The first-order valence-electron chi connectivity index (χ1n) is 11.9. The van der Waals surface area contributed by atoms with E-state index in [-0.39, 0.29) is 29.0 Å². The fraction of sp³-hybridized carbons (Fsp3) is 0.357. The number of halogens is 5. The number of benzene rings is 3. The predicted octanol–water partition coefficient (Wildman–Crippen LogP) is 8.38. The maximum Gasteiger partial charge on any atom is 0.167 e. The first-order valence-corrected chi connectivity index (χ1v) is 11.9. The van der Waals surface area contributed by atoms with Crippen LogP contribution in [0.25, 0.3) is 22.3 Å². The summed E-state index contributed by atoms with van der Waals surface area (Å²) in [6.45, 7) is 4.52. The van der Waals surface area contributed by atoms with E-state index in [1.165, 1.54) is 30.3 Å². The Morgan fingerprint density at radius 1 is 0.800 bits per heavy atom. The van der Waals surface area contributed by atoms with Crippen LogP contribution in [0.4, 0.5) is 22.0 Å². The van der Waals surface area contributed by atoms with Gasteiger partial charge in [-0.15, -0.1) is 0 Å². The molecule has 2 nitrogen and oxygen atoms in total. The monoisotopic (exact) mass is 490 g/mol. The summed E-state index contributed by atoms with van der Waals surface area (Å²) in [6.07, 6.45) is 2.90. The van der Waals surface area contributed by atoms with E-state index in [0.29, 0.717) is 18.9 Å². The van der Waals surface area contributed by atoms with Crippen LogP contribution in [0.1, 0.15) is 51.2 Å². The van der Waals surface area contributed by atoms with Gasteiger partial charge in [0.15, 0.2) is 34.8 Å². The largest absolute Gasteiger partial charge is 0.491 e. The summed E-state index contributed by atoms with van der Waals surface area (Å²) in [5, 5.41) is 0. The van der Waals surface area contributed by atoms with Crippen molar-refractivity contribution in [3.8, 4) is 28.0 Å². The molecule has 2 atom stereocenters. The van der Waals surface area contributed by atoms with Gasteiger partial charge in [-0.25, -0.2) is 22.0 Å². The third-order valence-electron chi connectivity index (χ3n) is 6.44.